The summed E-state index contributed by atoms with van der Waals surface area (Å²) >= 11 is 7.12. The number of ether oxygens (including phenoxy) is 1. The SMILES string of the molecule is COc1ccc(-c2ccccc2)c(NC(=O)c2csc(C3CCN(C(=S)NCC(C)C)CC3)n2)c1. The molecule has 1 aliphatic heterocycles. The molecule has 2 N–H and O–H groups in total. The number of thiazole rings is 1. The maximum absolute atomic E-state index is 13.1. The molecule has 0 bridgehead atoms. The van der Waals surface area contributed by atoms with Crippen molar-refractivity contribution in [2.75, 3.05) is 32.1 Å². The van der Waals surface area contributed by atoms with Crippen molar-refractivity contribution in [3.8, 4) is 16.9 Å². The van der Waals surface area contributed by atoms with Crippen LogP contribution >= 0.6 is 23.6 Å². The normalized spacial score (nSPS) is 14.1. The summed E-state index contributed by atoms with van der Waals surface area (Å²) in [4.78, 5) is 20.1. The summed E-state index contributed by atoms with van der Waals surface area (Å²) in [6, 6.07) is 15.7. The van der Waals surface area contributed by atoms with E-state index >= 15 is 0 Å². The van der Waals surface area contributed by atoms with Crippen LogP contribution in [0.15, 0.2) is 53.9 Å². The maximum atomic E-state index is 13.1. The summed E-state index contributed by atoms with van der Waals surface area (Å²) in [6.45, 7) is 7.05. The molecule has 1 fully saturated rings. The molecule has 1 saturated heterocycles. The molecular formula is C27H32N4O2S2. The van der Waals surface area contributed by atoms with Crippen LogP contribution in [0, 0.1) is 5.92 Å². The Hall–Kier alpha value is -2.97. The van der Waals surface area contributed by atoms with Crippen molar-refractivity contribution < 1.29 is 9.53 Å². The van der Waals surface area contributed by atoms with Crippen LogP contribution in [0.3, 0.4) is 0 Å². The smallest absolute Gasteiger partial charge is 0.275 e. The van der Waals surface area contributed by atoms with Crippen LogP contribution in [-0.4, -0.2) is 47.6 Å². The fourth-order valence-corrected chi connectivity index (χ4v) is 5.36. The highest BCUT2D eigenvalue weighted by atomic mass is 32.1. The Morgan fingerprint density at radius 1 is 1.20 bits per heavy atom. The molecule has 2 aromatic carbocycles. The fourth-order valence-electron chi connectivity index (χ4n) is 4.12. The summed E-state index contributed by atoms with van der Waals surface area (Å²) in [5, 5.41) is 10.1. The lowest BCUT2D eigenvalue weighted by atomic mass is 9.98. The van der Waals surface area contributed by atoms with Crippen LogP contribution < -0.4 is 15.4 Å². The molecule has 2 heterocycles. The van der Waals surface area contributed by atoms with E-state index in [0.717, 1.165) is 53.7 Å². The molecule has 0 saturated carbocycles. The highest BCUT2D eigenvalue weighted by molar-refractivity contribution is 7.80. The first kappa shape index (κ1) is 25.1. The van der Waals surface area contributed by atoms with Gasteiger partial charge in [0, 0.05) is 42.6 Å². The number of benzene rings is 2. The van der Waals surface area contributed by atoms with Gasteiger partial charge in [-0.25, -0.2) is 4.98 Å². The lowest BCUT2D eigenvalue weighted by molar-refractivity contribution is 0.102. The minimum Gasteiger partial charge on any atom is -0.497 e. The van der Waals surface area contributed by atoms with Crippen molar-refractivity contribution in [1.82, 2.24) is 15.2 Å². The number of hydrogen-bond donors (Lipinski definition) is 2. The van der Waals surface area contributed by atoms with Gasteiger partial charge in [-0.15, -0.1) is 11.3 Å². The van der Waals surface area contributed by atoms with Crippen LogP contribution in [0.2, 0.25) is 0 Å². The molecule has 0 radical (unpaired) electrons. The topological polar surface area (TPSA) is 66.5 Å². The predicted octanol–water partition coefficient (Wildman–Crippen LogP) is 5.78. The molecule has 1 aliphatic rings. The molecule has 3 aromatic rings. The number of nitrogens with one attached hydrogen (secondary N) is 2. The molecule has 0 atom stereocenters. The molecule has 0 spiro atoms. The summed E-state index contributed by atoms with van der Waals surface area (Å²) in [6.07, 6.45) is 1.96. The van der Waals surface area contributed by atoms with Gasteiger partial charge >= 0.3 is 0 Å². The van der Waals surface area contributed by atoms with Gasteiger partial charge in [-0.3, -0.25) is 4.79 Å². The highest BCUT2D eigenvalue weighted by Crippen LogP contribution is 2.33. The lowest BCUT2D eigenvalue weighted by Crippen LogP contribution is -2.44. The Bertz CT molecular complexity index is 1150. The number of anilines is 1. The van der Waals surface area contributed by atoms with Gasteiger partial charge in [0.1, 0.15) is 11.4 Å². The van der Waals surface area contributed by atoms with E-state index in [0.29, 0.717) is 29.0 Å². The van der Waals surface area contributed by atoms with E-state index in [9.17, 15) is 4.79 Å². The molecule has 0 unspecified atom stereocenters. The van der Waals surface area contributed by atoms with Crippen molar-refractivity contribution >= 4 is 40.3 Å². The summed E-state index contributed by atoms with van der Waals surface area (Å²) < 4.78 is 5.39. The Morgan fingerprint density at radius 3 is 2.63 bits per heavy atom. The van der Waals surface area contributed by atoms with Gasteiger partial charge in [0.25, 0.3) is 5.91 Å². The quantitative estimate of drug-likeness (QED) is 0.394. The van der Waals surface area contributed by atoms with Crippen molar-refractivity contribution in [3.05, 3.63) is 64.6 Å². The van der Waals surface area contributed by atoms with Crippen LogP contribution in [0.25, 0.3) is 11.1 Å². The number of nitrogens with zero attached hydrogens (tertiary/aromatic N) is 2. The zero-order valence-corrected chi connectivity index (χ0v) is 22.0. The average Bonchev–Trinajstić information content (AvgIpc) is 3.38. The van der Waals surface area contributed by atoms with Gasteiger partial charge in [0.2, 0.25) is 0 Å². The molecule has 1 amide bonds. The minimum absolute atomic E-state index is 0.213. The van der Waals surface area contributed by atoms with Gasteiger partial charge in [-0.1, -0.05) is 44.2 Å². The largest absolute Gasteiger partial charge is 0.497 e. The van der Waals surface area contributed by atoms with Crippen molar-refractivity contribution in [2.24, 2.45) is 5.92 Å². The van der Waals surface area contributed by atoms with Gasteiger partial charge in [0.15, 0.2) is 5.11 Å². The molecule has 35 heavy (non-hydrogen) atoms. The minimum atomic E-state index is -0.213. The average molecular weight is 509 g/mol. The Labute approximate surface area is 216 Å². The van der Waals surface area contributed by atoms with E-state index in [1.807, 2.05) is 53.9 Å². The zero-order valence-electron chi connectivity index (χ0n) is 20.4. The third kappa shape index (κ3) is 6.38. The fraction of sp³-hybridized carbons (Fsp3) is 0.370. The number of carbonyl (C=O) groups is 1. The summed E-state index contributed by atoms with van der Waals surface area (Å²) in [5.41, 5.74) is 3.11. The molecule has 184 valence electrons. The number of likely N-dealkylation sites (tertiary alicyclic amines) is 1. The van der Waals surface area contributed by atoms with Crippen LogP contribution in [0.5, 0.6) is 5.75 Å². The van der Waals surface area contributed by atoms with Gasteiger partial charge in [-0.05, 0) is 48.7 Å². The molecule has 0 aliphatic carbocycles. The predicted molar refractivity (Wildman–Crippen MR) is 147 cm³/mol. The number of aromatic nitrogens is 1. The third-order valence-electron chi connectivity index (χ3n) is 6.11. The van der Waals surface area contributed by atoms with Gasteiger partial charge in [-0.2, -0.15) is 0 Å². The van der Waals surface area contributed by atoms with Crippen molar-refractivity contribution in [1.29, 1.82) is 0 Å². The van der Waals surface area contributed by atoms with E-state index in [2.05, 4.69) is 29.4 Å². The first-order valence-corrected chi connectivity index (χ1v) is 13.3. The van der Waals surface area contributed by atoms with E-state index in [-0.39, 0.29) is 5.91 Å². The molecule has 4 rings (SSSR count). The van der Waals surface area contributed by atoms with Crippen molar-refractivity contribution in [2.45, 2.75) is 32.6 Å². The highest BCUT2D eigenvalue weighted by Gasteiger charge is 2.25. The Morgan fingerprint density at radius 2 is 1.94 bits per heavy atom. The second kappa shape index (κ2) is 11.6. The van der Waals surface area contributed by atoms with Gasteiger partial charge < -0.3 is 20.3 Å². The third-order valence-corrected chi connectivity index (χ3v) is 7.52. The summed E-state index contributed by atoms with van der Waals surface area (Å²) in [5.74, 6) is 1.38. The maximum Gasteiger partial charge on any atom is 0.275 e. The van der Waals surface area contributed by atoms with Crippen LogP contribution in [0.1, 0.15) is 48.1 Å². The monoisotopic (exact) mass is 508 g/mol. The first-order chi connectivity index (χ1) is 16.9. The number of methoxy groups -OCH3 is 1. The Kier molecular flexibility index (Phi) is 8.36. The molecule has 6 nitrogen and oxygen atoms in total. The number of thiocarbonyl (C=S) groups is 1. The second-order valence-electron chi connectivity index (χ2n) is 9.14. The zero-order chi connectivity index (χ0) is 24.8. The van der Waals surface area contributed by atoms with Crippen LogP contribution in [0.4, 0.5) is 5.69 Å². The van der Waals surface area contributed by atoms with E-state index < -0.39 is 0 Å². The summed E-state index contributed by atoms with van der Waals surface area (Å²) in [7, 11) is 1.62. The molecular weight excluding hydrogens is 476 g/mol. The second-order valence-corrected chi connectivity index (χ2v) is 10.4. The number of rotatable bonds is 7. The van der Waals surface area contributed by atoms with Crippen LogP contribution in [-0.2, 0) is 0 Å². The number of amides is 1. The van der Waals surface area contributed by atoms with Gasteiger partial charge in [0.05, 0.1) is 17.8 Å². The van der Waals surface area contributed by atoms with E-state index in [1.54, 1.807) is 18.4 Å². The van der Waals surface area contributed by atoms with Crippen molar-refractivity contribution in [3.63, 3.8) is 0 Å². The number of carbonyl (C=O) groups excluding carboxylic acids is 1. The number of hydrogen-bond acceptors (Lipinski definition) is 5. The molecule has 1 aromatic heterocycles. The lowest BCUT2D eigenvalue weighted by Gasteiger charge is -2.33. The first-order valence-electron chi connectivity index (χ1n) is 12.0. The Balaban J connectivity index is 1.41. The van der Waals surface area contributed by atoms with E-state index in [1.165, 1.54) is 0 Å². The standard InChI is InChI=1S/C27H32N4O2S2/c1-18(2)16-28-27(34)31-13-11-20(12-14-31)26-30-24(17-35-26)25(32)29-23-15-21(33-3)9-10-22(23)19-7-5-4-6-8-19/h4-10,15,17-18,20H,11-14,16H2,1-3H3,(H,28,34)(H,29,32). The number of piperidine rings is 1. The van der Waals surface area contributed by atoms with E-state index in [4.69, 9.17) is 21.9 Å². The molecule has 8 heteroatoms.